The van der Waals surface area contributed by atoms with E-state index < -0.39 is 23.8 Å². The molecule has 0 saturated carbocycles. The number of dihydropyridines is 1. The summed E-state index contributed by atoms with van der Waals surface area (Å²) >= 11 is 0. The van der Waals surface area contributed by atoms with Crippen LogP contribution in [0.4, 0.5) is 0 Å². The highest BCUT2D eigenvalue weighted by Crippen LogP contribution is 2.39. The molecule has 0 spiro atoms. The normalized spacial score (nSPS) is 15.2. The molecule has 1 aromatic carbocycles. The number of carboxylic acid groups (broad SMARTS) is 2. The van der Waals surface area contributed by atoms with E-state index in [0.717, 1.165) is 0 Å². The van der Waals surface area contributed by atoms with Crippen molar-refractivity contribution in [3.8, 4) is 0 Å². The molecular weight excluding hydrogens is 338 g/mol. The Hall–Kier alpha value is -3.35. The molecule has 0 saturated heterocycles. The third kappa shape index (κ3) is 3.66. The first-order valence-corrected chi connectivity index (χ1v) is 7.78. The molecule has 1 aromatic rings. The first-order chi connectivity index (χ1) is 12.3. The lowest BCUT2D eigenvalue weighted by Gasteiger charge is -2.29. The van der Waals surface area contributed by atoms with Gasteiger partial charge in [-0.25, -0.2) is 14.4 Å². The zero-order chi connectivity index (χ0) is 19.4. The van der Waals surface area contributed by atoms with Gasteiger partial charge in [-0.1, -0.05) is 24.3 Å². The number of methoxy groups -OCH3 is 1. The van der Waals surface area contributed by atoms with Crippen molar-refractivity contribution in [1.82, 2.24) is 5.32 Å². The summed E-state index contributed by atoms with van der Waals surface area (Å²) in [6, 6.07) is 6.74. The number of rotatable bonds is 5. The number of ether oxygens (including phenoxy) is 1. The number of hydrogen-bond donors (Lipinski definition) is 3. The number of benzene rings is 1. The molecule has 0 unspecified atom stereocenters. The highest BCUT2D eigenvalue weighted by molar-refractivity contribution is 5.99. The van der Waals surface area contributed by atoms with Crippen molar-refractivity contribution in [2.75, 3.05) is 7.11 Å². The molecule has 0 amide bonds. The van der Waals surface area contributed by atoms with Gasteiger partial charge in [-0.05, 0) is 31.1 Å². The lowest BCUT2D eigenvalue weighted by atomic mass is 9.78. The Kier molecular flexibility index (Phi) is 5.61. The van der Waals surface area contributed by atoms with E-state index in [1.807, 2.05) is 0 Å². The van der Waals surface area contributed by atoms with Gasteiger partial charge in [0.15, 0.2) is 0 Å². The smallest absolute Gasteiger partial charge is 0.334 e. The highest BCUT2D eigenvalue weighted by atomic mass is 16.5. The second-order valence-electron chi connectivity index (χ2n) is 5.73. The fraction of sp³-hybridized carbons (Fsp3) is 0.211. The summed E-state index contributed by atoms with van der Waals surface area (Å²) in [5, 5.41) is 22.2. The number of aliphatic carboxylic acids is 2. The van der Waals surface area contributed by atoms with Gasteiger partial charge in [0.1, 0.15) is 0 Å². The van der Waals surface area contributed by atoms with Crippen LogP contribution in [-0.4, -0.2) is 35.2 Å². The average Bonchev–Trinajstić information content (AvgIpc) is 2.58. The van der Waals surface area contributed by atoms with Crippen LogP contribution in [0.15, 0.2) is 52.9 Å². The zero-order valence-electron chi connectivity index (χ0n) is 14.6. The second kappa shape index (κ2) is 7.69. The SMILES string of the molecule is COC(=O)/C=C/c1ccccc1C1C(C(=O)O)=C(C)NC(C)=C1C(=O)O. The fourth-order valence-corrected chi connectivity index (χ4v) is 3.02. The maximum Gasteiger partial charge on any atom is 0.334 e. The molecule has 7 heteroatoms. The van der Waals surface area contributed by atoms with E-state index in [4.69, 9.17) is 0 Å². The highest BCUT2D eigenvalue weighted by Gasteiger charge is 2.37. The molecule has 26 heavy (non-hydrogen) atoms. The summed E-state index contributed by atoms with van der Waals surface area (Å²) in [5.74, 6) is -3.97. The van der Waals surface area contributed by atoms with E-state index in [9.17, 15) is 24.6 Å². The van der Waals surface area contributed by atoms with Gasteiger partial charge in [0.05, 0.1) is 24.2 Å². The van der Waals surface area contributed by atoms with E-state index in [0.29, 0.717) is 22.5 Å². The minimum absolute atomic E-state index is 0.0491. The molecule has 0 atom stereocenters. The van der Waals surface area contributed by atoms with E-state index >= 15 is 0 Å². The minimum Gasteiger partial charge on any atom is -0.478 e. The predicted octanol–water partition coefficient (Wildman–Crippen LogP) is 2.28. The van der Waals surface area contributed by atoms with Gasteiger partial charge in [-0.2, -0.15) is 0 Å². The molecule has 3 N–H and O–H groups in total. The van der Waals surface area contributed by atoms with Crippen molar-refractivity contribution in [1.29, 1.82) is 0 Å². The average molecular weight is 357 g/mol. The van der Waals surface area contributed by atoms with Gasteiger partial charge in [-0.3, -0.25) is 0 Å². The van der Waals surface area contributed by atoms with Gasteiger partial charge in [0, 0.05) is 17.5 Å². The van der Waals surface area contributed by atoms with Crippen LogP contribution in [0.1, 0.15) is 30.9 Å². The molecule has 1 aliphatic heterocycles. The minimum atomic E-state index is -1.21. The Morgan fingerprint density at radius 3 is 2.08 bits per heavy atom. The summed E-state index contributed by atoms with van der Waals surface area (Å²) in [4.78, 5) is 35.1. The maximum absolute atomic E-state index is 11.8. The molecule has 136 valence electrons. The predicted molar refractivity (Wildman–Crippen MR) is 94.0 cm³/mol. The number of carbonyl (C=O) groups is 3. The number of nitrogens with one attached hydrogen (secondary N) is 1. The fourth-order valence-electron chi connectivity index (χ4n) is 3.02. The Balaban J connectivity index is 2.71. The number of carbonyl (C=O) groups excluding carboxylic acids is 1. The summed E-state index contributed by atoms with van der Waals surface area (Å²) in [5.41, 5.74) is 1.65. The van der Waals surface area contributed by atoms with E-state index in [-0.39, 0.29) is 11.1 Å². The van der Waals surface area contributed by atoms with Crippen LogP contribution in [0, 0.1) is 0 Å². The van der Waals surface area contributed by atoms with Gasteiger partial charge in [0.25, 0.3) is 0 Å². The third-order valence-corrected chi connectivity index (χ3v) is 4.13. The molecule has 0 aliphatic carbocycles. The van der Waals surface area contributed by atoms with Crippen molar-refractivity contribution in [3.63, 3.8) is 0 Å². The van der Waals surface area contributed by atoms with E-state index in [2.05, 4.69) is 10.1 Å². The number of carboxylic acids is 2. The molecule has 0 aromatic heterocycles. The first kappa shape index (κ1) is 19.0. The van der Waals surface area contributed by atoms with Crippen molar-refractivity contribution in [2.24, 2.45) is 0 Å². The number of esters is 1. The quantitative estimate of drug-likeness (QED) is 0.547. The van der Waals surface area contributed by atoms with Crippen LogP contribution in [0.3, 0.4) is 0 Å². The third-order valence-electron chi connectivity index (χ3n) is 4.13. The molecule has 7 nitrogen and oxygen atoms in total. The topological polar surface area (TPSA) is 113 Å². The molecule has 0 fully saturated rings. The lowest BCUT2D eigenvalue weighted by Crippen LogP contribution is -2.31. The van der Waals surface area contributed by atoms with Gasteiger partial charge in [-0.15, -0.1) is 0 Å². The molecule has 1 aliphatic rings. The van der Waals surface area contributed by atoms with Crippen LogP contribution in [0.25, 0.3) is 6.08 Å². The first-order valence-electron chi connectivity index (χ1n) is 7.78. The lowest BCUT2D eigenvalue weighted by molar-refractivity contribution is -0.135. The van der Waals surface area contributed by atoms with E-state index in [1.165, 1.54) is 19.3 Å². The molecule has 2 rings (SSSR count). The molecular formula is C19H19NO6. The van der Waals surface area contributed by atoms with Crippen LogP contribution in [0.2, 0.25) is 0 Å². The van der Waals surface area contributed by atoms with Crippen LogP contribution < -0.4 is 5.32 Å². The van der Waals surface area contributed by atoms with Crippen molar-refractivity contribution >= 4 is 24.0 Å². The zero-order valence-corrected chi connectivity index (χ0v) is 14.6. The Morgan fingerprint density at radius 2 is 1.58 bits per heavy atom. The van der Waals surface area contributed by atoms with Crippen molar-refractivity contribution < 1.29 is 29.3 Å². The molecule has 0 radical (unpaired) electrons. The molecule has 1 heterocycles. The second-order valence-corrected chi connectivity index (χ2v) is 5.73. The van der Waals surface area contributed by atoms with Gasteiger partial charge in [0.2, 0.25) is 0 Å². The Bertz CT molecular complexity index is 827. The van der Waals surface area contributed by atoms with E-state index in [1.54, 1.807) is 38.1 Å². The van der Waals surface area contributed by atoms with Crippen LogP contribution >= 0.6 is 0 Å². The van der Waals surface area contributed by atoms with Gasteiger partial charge < -0.3 is 20.3 Å². The Morgan fingerprint density at radius 1 is 1.04 bits per heavy atom. The van der Waals surface area contributed by atoms with Crippen LogP contribution in [0.5, 0.6) is 0 Å². The van der Waals surface area contributed by atoms with Crippen LogP contribution in [-0.2, 0) is 19.1 Å². The largest absolute Gasteiger partial charge is 0.478 e. The van der Waals surface area contributed by atoms with Gasteiger partial charge >= 0.3 is 17.9 Å². The number of allylic oxidation sites excluding steroid dienone is 2. The summed E-state index contributed by atoms with van der Waals surface area (Å²) in [7, 11) is 1.24. The van der Waals surface area contributed by atoms with Crippen molar-refractivity contribution in [2.45, 2.75) is 19.8 Å². The Labute approximate surface area is 150 Å². The number of hydrogen-bond acceptors (Lipinski definition) is 5. The summed E-state index contributed by atoms with van der Waals surface area (Å²) in [6.07, 6.45) is 2.68. The standard InChI is InChI=1S/C19H19NO6/c1-10-15(18(22)23)17(16(19(24)25)11(2)20-10)13-7-5-4-6-12(13)8-9-14(21)26-3/h4-9,17,20H,1-3H3,(H,22,23)(H,24,25)/b9-8+. The molecule has 0 bridgehead atoms. The summed E-state index contributed by atoms with van der Waals surface area (Å²) in [6.45, 7) is 3.18. The maximum atomic E-state index is 11.8. The van der Waals surface area contributed by atoms with Crippen molar-refractivity contribution in [3.05, 3.63) is 64.0 Å². The summed E-state index contributed by atoms with van der Waals surface area (Å²) < 4.78 is 4.57. The monoisotopic (exact) mass is 357 g/mol.